The third-order valence-electron chi connectivity index (χ3n) is 1.97. The fourth-order valence-corrected chi connectivity index (χ4v) is 1.37. The molecular weight excluding hydrogens is 173 g/mol. The quantitative estimate of drug-likeness (QED) is 0.745. The summed E-state index contributed by atoms with van der Waals surface area (Å²) in [5.41, 5.74) is 6.30. The van der Waals surface area contributed by atoms with E-state index >= 15 is 0 Å². The summed E-state index contributed by atoms with van der Waals surface area (Å²) < 4.78 is 23.2. The van der Waals surface area contributed by atoms with Crippen molar-refractivity contribution < 1.29 is 13.9 Å². The second-order valence-electron chi connectivity index (χ2n) is 2.81. The molecule has 70 valence electrons. The van der Waals surface area contributed by atoms with Crippen LogP contribution in [0, 0.1) is 5.82 Å². The number of benzene rings is 1. The van der Waals surface area contributed by atoms with E-state index in [0.29, 0.717) is 18.7 Å². The van der Waals surface area contributed by atoms with Crippen molar-refractivity contribution in [3.63, 3.8) is 0 Å². The minimum Gasteiger partial charge on any atom is -0.453 e. The molecule has 0 saturated heterocycles. The number of ether oxygens (including phenoxy) is 2. The van der Waals surface area contributed by atoms with Crippen LogP contribution < -0.4 is 15.2 Å². The van der Waals surface area contributed by atoms with Gasteiger partial charge in [-0.15, -0.1) is 0 Å². The predicted molar refractivity (Wildman–Crippen MR) is 45.3 cm³/mol. The van der Waals surface area contributed by atoms with E-state index in [4.69, 9.17) is 15.2 Å². The van der Waals surface area contributed by atoms with Crippen molar-refractivity contribution in [2.75, 3.05) is 13.3 Å². The van der Waals surface area contributed by atoms with Crippen molar-refractivity contribution in [1.29, 1.82) is 0 Å². The molecule has 0 amide bonds. The third kappa shape index (κ3) is 1.33. The minimum absolute atomic E-state index is 0.0911. The Morgan fingerprint density at radius 3 is 2.85 bits per heavy atom. The maximum Gasteiger partial charge on any atom is 0.231 e. The predicted octanol–water partition coefficient (Wildman–Crippen LogP) is 1.06. The molecule has 0 aliphatic carbocycles. The van der Waals surface area contributed by atoms with Gasteiger partial charge in [0, 0.05) is 0 Å². The van der Waals surface area contributed by atoms with Gasteiger partial charge >= 0.3 is 0 Å². The Bertz CT molecular complexity index is 328. The van der Waals surface area contributed by atoms with Gasteiger partial charge in [0.15, 0.2) is 11.6 Å². The molecule has 1 heterocycles. The average Bonchev–Trinajstić information content (AvgIpc) is 2.59. The zero-order chi connectivity index (χ0) is 9.26. The van der Waals surface area contributed by atoms with Crippen molar-refractivity contribution in [2.24, 2.45) is 5.73 Å². The molecule has 1 aromatic carbocycles. The molecule has 2 rings (SSSR count). The highest BCUT2D eigenvalue weighted by Gasteiger charge is 2.21. The Kier molecular flexibility index (Phi) is 2.06. The van der Waals surface area contributed by atoms with Crippen LogP contribution in [0.2, 0.25) is 0 Å². The van der Waals surface area contributed by atoms with Crippen molar-refractivity contribution >= 4 is 0 Å². The molecule has 13 heavy (non-hydrogen) atoms. The van der Waals surface area contributed by atoms with Gasteiger partial charge < -0.3 is 15.2 Å². The van der Waals surface area contributed by atoms with Gasteiger partial charge in [0.05, 0.1) is 0 Å². The zero-order valence-corrected chi connectivity index (χ0v) is 7.05. The van der Waals surface area contributed by atoms with Gasteiger partial charge in [0.1, 0.15) is 0 Å². The number of nitrogens with two attached hydrogens (primary N) is 1. The van der Waals surface area contributed by atoms with Crippen LogP contribution in [-0.2, 0) is 6.42 Å². The van der Waals surface area contributed by atoms with Gasteiger partial charge in [-0.25, -0.2) is 4.39 Å². The Labute approximate surface area is 75.3 Å². The number of rotatable bonds is 2. The Morgan fingerprint density at radius 1 is 1.31 bits per heavy atom. The van der Waals surface area contributed by atoms with Crippen molar-refractivity contribution in [1.82, 2.24) is 0 Å². The summed E-state index contributed by atoms with van der Waals surface area (Å²) in [6.07, 6.45) is 0.673. The molecule has 0 spiro atoms. The molecule has 0 bridgehead atoms. The highest BCUT2D eigenvalue weighted by Crippen LogP contribution is 2.37. The normalized spacial score (nSPS) is 13.4. The standard InChI is InChI=1S/C9H10FNO2/c10-7-2-1-6(3-4-11)8-9(7)13-5-12-8/h1-2H,3-5,11H2. The number of hydrogen-bond donors (Lipinski definition) is 1. The smallest absolute Gasteiger partial charge is 0.231 e. The van der Waals surface area contributed by atoms with Crippen LogP contribution in [0.15, 0.2) is 12.1 Å². The van der Waals surface area contributed by atoms with Gasteiger partial charge in [0.25, 0.3) is 0 Å². The summed E-state index contributed by atoms with van der Waals surface area (Å²) in [7, 11) is 0. The molecule has 1 aromatic rings. The summed E-state index contributed by atoms with van der Waals surface area (Å²) in [6.45, 7) is 0.606. The van der Waals surface area contributed by atoms with E-state index in [1.807, 2.05) is 0 Å². The number of halogens is 1. The zero-order valence-electron chi connectivity index (χ0n) is 7.05. The summed E-state index contributed by atoms with van der Waals surface area (Å²) in [5, 5.41) is 0. The first kappa shape index (κ1) is 8.31. The number of fused-ring (bicyclic) bond motifs is 1. The largest absolute Gasteiger partial charge is 0.453 e. The van der Waals surface area contributed by atoms with Gasteiger partial charge in [-0.1, -0.05) is 6.07 Å². The molecule has 2 N–H and O–H groups in total. The highest BCUT2D eigenvalue weighted by molar-refractivity contribution is 5.49. The van der Waals surface area contributed by atoms with E-state index in [1.165, 1.54) is 6.07 Å². The summed E-state index contributed by atoms with van der Waals surface area (Å²) in [5.74, 6) is 0.338. The molecule has 1 aliphatic rings. The van der Waals surface area contributed by atoms with E-state index in [0.717, 1.165) is 5.56 Å². The maximum atomic E-state index is 13.1. The van der Waals surface area contributed by atoms with E-state index in [2.05, 4.69) is 0 Å². The van der Waals surface area contributed by atoms with Crippen LogP contribution in [0.25, 0.3) is 0 Å². The molecule has 0 radical (unpaired) electrons. The lowest BCUT2D eigenvalue weighted by Crippen LogP contribution is -2.03. The van der Waals surface area contributed by atoms with E-state index in [9.17, 15) is 4.39 Å². The van der Waals surface area contributed by atoms with Crippen LogP contribution in [0.1, 0.15) is 5.56 Å². The van der Waals surface area contributed by atoms with Gasteiger partial charge in [-0.2, -0.15) is 0 Å². The molecule has 0 fully saturated rings. The van der Waals surface area contributed by atoms with Crippen molar-refractivity contribution in [3.05, 3.63) is 23.5 Å². The van der Waals surface area contributed by atoms with Crippen molar-refractivity contribution in [3.8, 4) is 11.5 Å². The highest BCUT2D eigenvalue weighted by atomic mass is 19.1. The fraction of sp³-hybridized carbons (Fsp3) is 0.333. The third-order valence-corrected chi connectivity index (χ3v) is 1.97. The minimum atomic E-state index is -0.381. The lowest BCUT2D eigenvalue weighted by atomic mass is 10.1. The van der Waals surface area contributed by atoms with Gasteiger partial charge in [0.2, 0.25) is 12.5 Å². The van der Waals surface area contributed by atoms with Gasteiger partial charge in [-0.3, -0.25) is 0 Å². The first-order valence-electron chi connectivity index (χ1n) is 4.10. The summed E-state index contributed by atoms with van der Waals surface area (Å²) in [4.78, 5) is 0. The van der Waals surface area contributed by atoms with Crippen LogP contribution in [-0.4, -0.2) is 13.3 Å². The molecular formula is C9H10FNO2. The van der Waals surface area contributed by atoms with E-state index < -0.39 is 0 Å². The van der Waals surface area contributed by atoms with E-state index in [-0.39, 0.29) is 18.4 Å². The molecule has 3 nitrogen and oxygen atoms in total. The van der Waals surface area contributed by atoms with Crippen LogP contribution in [0.4, 0.5) is 4.39 Å². The first-order chi connectivity index (χ1) is 6.33. The molecule has 0 saturated carbocycles. The lowest BCUT2D eigenvalue weighted by molar-refractivity contribution is 0.170. The Morgan fingerprint density at radius 2 is 2.08 bits per heavy atom. The van der Waals surface area contributed by atoms with E-state index in [1.54, 1.807) is 6.07 Å². The maximum absolute atomic E-state index is 13.1. The Hall–Kier alpha value is -1.29. The summed E-state index contributed by atoms with van der Waals surface area (Å²) >= 11 is 0. The topological polar surface area (TPSA) is 44.5 Å². The lowest BCUT2D eigenvalue weighted by Gasteiger charge is -2.03. The van der Waals surface area contributed by atoms with Gasteiger partial charge in [-0.05, 0) is 24.6 Å². The van der Waals surface area contributed by atoms with Crippen molar-refractivity contribution in [2.45, 2.75) is 6.42 Å². The van der Waals surface area contributed by atoms with Crippen LogP contribution >= 0.6 is 0 Å². The molecule has 1 aliphatic heterocycles. The first-order valence-corrected chi connectivity index (χ1v) is 4.10. The monoisotopic (exact) mass is 183 g/mol. The average molecular weight is 183 g/mol. The summed E-state index contributed by atoms with van der Waals surface area (Å²) in [6, 6.07) is 3.05. The molecule has 0 aromatic heterocycles. The SMILES string of the molecule is NCCc1ccc(F)c2c1OCO2. The molecule has 0 unspecified atom stereocenters. The Balaban J connectivity index is 2.43. The molecule has 4 heteroatoms. The second-order valence-corrected chi connectivity index (χ2v) is 2.81. The fourth-order valence-electron chi connectivity index (χ4n) is 1.37. The second kappa shape index (κ2) is 3.22. The van der Waals surface area contributed by atoms with Crippen LogP contribution in [0.5, 0.6) is 11.5 Å². The molecule has 0 atom stereocenters. The van der Waals surface area contributed by atoms with Crippen LogP contribution in [0.3, 0.4) is 0 Å². The number of hydrogen-bond acceptors (Lipinski definition) is 3.